The molecule has 0 spiro atoms. The van der Waals surface area contributed by atoms with E-state index in [1.54, 1.807) is 62.8 Å². The molecular formula is C29H26N6O6. The number of nitrogens with one attached hydrogen (secondary N) is 3. The molecule has 0 aliphatic heterocycles. The molecule has 5 aromatic rings. The summed E-state index contributed by atoms with van der Waals surface area (Å²) in [5, 5.41) is 8.99. The molecule has 0 unspecified atom stereocenters. The fraction of sp³-hybridized carbons (Fsp3) is 0.138. The molecule has 0 bridgehead atoms. The lowest BCUT2D eigenvalue weighted by molar-refractivity contribution is 0.262. The van der Waals surface area contributed by atoms with Gasteiger partial charge >= 0.3 is 17.7 Å². The van der Waals surface area contributed by atoms with E-state index >= 15 is 0 Å². The van der Waals surface area contributed by atoms with E-state index in [0.717, 1.165) is 5.56 Å². The Hall–Kier alpha value is -5.65. The fourth-order valence-electron chi connectivity index (χ4n) is 3.94. The van der Waals surface area contributed by atoms with E-state index in [-0.39, 0.29) is 23.7 Å². The number of benzene rings is 3. The number of carbonyl (C=O) groups is 1. The maximum atomic E-state index is 12.6. The van der Waals surface area contributed by atoms with E-state index in [9.17, 15) is 9.59 Å². The van der Waals surface area contributed by atoms with Crippen molar-refractivity contribution in [3.05, 3.63) is 94.8 Å². The minimum Gasteiger partial charge on any atom is -0.493 e. The zero-order chi connectivity index (χ0) is 28.6. The number of para-hydroxylation sites is 2. The number of anilines is 3. The quantitative estimate of drug-likeness (QED) is 0.199. The Kier molecular flexibility index (Phi) is 8.19. The number of nitrogens with zero attached hydrogens (tertiary/aromatic N) is 3. The van der Waals surface area contributed by atoms with Gasteiger partial charge in [0.05, 0.1) is 25.7 Å². The average molecular weight is 555 g/mol. The van der Waals surface area contributed by atoms with Gasteiger partial charge in [0.15, 0.2) is 11.5 Å². The number of urea groups is 1. The lowest BCUT2D eigenvalue weighted by atomic mass is 10.1. The summed E-state index contributed by atoms with van der Waals surface area (Å²) in [6.07, 6.45) is 0.601. The number of aromatic nitrogens is 3. The predicted molar refractivity (Wildman–Crippen MR) is 153 cm³/mol. The molecule has 0 saturated carbocycles. The lowest BCUT2D eigenvalue weighted by Crippen LogP contribution is -2.22. The summed E-state index contributed by atoms with van der Waals surface area (Å²) in [5.41, 5.74) is 1.33. The second kappa shape index (κ2) is 12.5. The molecule has 0 radical (unpaired) electrons. The van der Waals surface area contributed by atoms with Gasteiger partial charge < -0.3 is 29.3 Å². The first-order chi connectivity index (χ1) is 20.0. The highest BCUT2D eigenvalue weighted by molar-refractivity contribution is 5.98. The zero-order valence-corrected chi connectivity index (χ0v) is 22.2. The van der Waals surface area contributed by atoms with Crippen LogP contribution in [0.4, 0.5) is 22.4 Å². The van der Waals surface area contributed by atoms with E-state index in [0.29, 0.717) is 41.1 Å². The normalized spacial score (nSPS) is 10.6. The number of amides is 2. The summed E-state index contributed by atoms with van der Waals surface area (Å²) in [7, 11) is 3.16. The maximum absolute atomic E-state index is 12.6. The average Bonchev–Trinajstić information content (AvgIpc) is 2.97. The van der Waals surface area contributed by atoms with Gasteiger partial charge in [0.1, 0.15) is 11.3 Å². The summed E-state index contributed by atoms with van der Waals surface area (Å²) in [6.45, 7) is 0.437. The number of carbonyl (C=O) groups excluding carboxylic acids is 1. The van der Waals surface area contributed by atoms with Crippen LogP contribution in [0.15, 0.2) is 88.1 Å². The first-order valence-corrected chi connectivity index (χ1v) is 12.6. The Morgan fingerprint density at radius 2 is 1.56 bits per heavy atom. The lowest BCUT2D eigenvalue weighted by Gasteiger charge is -2.12. The van der Waals surface area contributed by atoms with Crippen LogP contribution >= 0.6 is 0 Å². The minimum absolute atomic E-state index is 0.0654. The molecular weight excluding hydrogens is 528 g/mol. The van der Waals surface area contributed by atoms with Gasteiger partial charge in [-0.1, -0.05) is 36.4 Å². The topological polar surface area (TPSA) is 150 Å². The predicted octanol–water partition coefficient (Wildman–Crippen LogP) is 5.09. The van der Waals surface area contributed by atoms with Gasteiger partial charge in [0.2, 0.25) is 11.9 Å². The van der Waals surface area contributed by atoms with Gasteiger partial charge in [-0.25, -0.2) is 9.59 Å². The molecule has 0 saturated heterocycles. The van der Waals surface area contributed by atoms with Crippen molar-refractivity contribution in [2.24, 2.45) is 0 Å². The number of methoxy groups -OCH3 is 2. The molecule has 0 atom stereocenters. The van der Waals surface area contributed by atoms with E-state index in [2.05, 4.69) is 30.9 Å². The summed E-state index contributed by atoms with van der Waals surface area (Å²) < 4.78 is 21.8. The van der Waals surface area contributed by atoms with Crippen LogP contribution in [0.25, 0.3) is 11.0 Å². The molecule has 208 valence electrons. The third kappa shape index (κ3) is 6.87. The molecule has 12 nitrogen and oxygen atoms in total. The summed E-state index contributed by atoms with van der Waals surface area (Å²) in [6, 6.07) is 22.0. The monoisotopic (exact) mass is 554 g/mol. The molecule has 41 heavy (non-hydrogen) atoms. The summed E-state index contributed by atoms with van der Waals surface area (Å²) in [4.78, 5) is 37.6. The smallest absolute Gasteiger partial charge is 0.339 e. The van der Waals surface area contributed by atoms with Crippen LogP contribution in [-0.4, -0.2) is 41.7 Å². The molecule has 2 heterocycles. The van der Waals surface area contributed by atoms with Crippen LogP contribution in [0.5, 0.6) is 23.3 Å². The van der Waals surface area contributed by atoms with Crippen LogP contribution in [0.3, 0.4) is 0 Å². The van der Waals surface area contributed by atoms with Crippen molar-refractivity contribution in [2.45, 2.75) is 6.42 Å². The number of rotatable bonds is 10. The third-order valence-corrected chi connectivity index (χ3v) is 5.83. The number of hydrogen-bond acceptors (Lipinski definition) is 10. The number of ether oxygens (including phenoxy) is 3. The summed E-state index contributed by atoms with van der Waals surface area (Å²) >= 11 is 0. The van der Waals surface area contributed by atoms with Crippen molar-refractivity contribution in [3.63, 3.8) is 0 Å². The van der Waals surface area contributed by atoms with Crippen LogP contribution in [-0.2, 0) is 6.42 Å². The van der Waals surface area contributed by atoms with Crippen molar-refractivity contribution in [1.29, 1.82) is 0 Å². The fourth-order valence-corrected chi connectivity index (χ4v) is 3.94. The first-order valence-electron chi connectivity index (χ1n) is 12.6. The van der Waals surface area contributed by atoms with Gasteiger partial charge in [-0.2, -0.15) is 15.0 Å². The molecule has 0 fully saturated rings. The molecule has 2 aromatic heterocycles. The van der Waals surface area contributed by atoms with Crippen molar-refractivity contribution < 1.29 is 23.4 Å². The van der Waals surface area contributed by atoms with Crippen molar-refractivity contribution in [3.8, 4) is 23.3 Å². The van der Waals surface area contributed by atoms with Crippen LogP contribution in [0, 0.1) is 0 Å². The molecule has 3 aromatic carbocycles. The Balaban J connectivity index is 1.38. The summed E-state index contributed by atoms with van der Waals surface area (Å²) in [5.74, 6) is 1.54. The maximum Gasteiger partial charge on any atom is 0.339 e. The van der Waals surface area contributed by atoms with Crippen LogP contribution in [0.1, 0.15) is 5.56 Å². The Morgan fingerprint density at radius 1 is 0.805 bits per heavy atom. The Labute approximate surface area is 234 Å². The second-order valence-corrected chi connectivity index (χ2v) is 8.60. The SMILES string of the molecule is COc1ccc(CCNc2nc(NC(=O)Nc3ccccc3)nc(Oc3cc(=O)oc4ccccc34)n2)cc1OC. The van der Waals surface area contributed by atoms with Gasteiger partial charge in [-0.3, -0.25) is 5.32 Å². The van der Waals surface area contributed by atoms with Gasteiger partial charge in [-0.15, -0.1) is 0 Å². The molecule has 12 heteroatoms. The molecule has 2 amide bonds. The molecule has 3 N–H and O–H groups in total. The Bertz CT molecular complexity index is 1730. The number of fused-ring (bicyclic) bond motifs is 1. The van der Waals surface area contributed by atoms with Gasteiger partial charge in [0.25, 0.3) is 0 Å². The number of hydrogen-bond donors (Lipinski definition) is 3. The van der Waals surface area contributed by atoms with Crippen LogP contribution in [0.2, 0.25) is 0 Å². The van der Waals surface area contributed by atoms with Crippen molar-refractivity contribution in [2.75, 3.05) is 36.7 Å². The largest absolute Gasteiger partial charge is 0.493 e. The Morgan fingerprint density at radius 3 is 2.37 bits per heavy atom. The molecule has 0 aliphatic carbocycles. The van der Waals surface area contributed by atoms with Crippen molar-refractivity contribution in [1.82, 2.24) is 15.0 Å². The molecule has 5 rings (SSSR count). The highest BCUT2D eigenvalue weighted by Gasteiger charge is 2.14. The van der Waals surface area contributed by atoms with Gasteiger partial charge in [-0.05, 0) is 48.4 Å². The highest BCUT2D eigenvalue weighted by Crippen LogP contribution is 2.29. The van der Waals surface area contributed by atoms with E-state index in [1.165, 1.54) is 6.07 Å². The minimum atomic E-state index is -0.596. The van der Waals surface area contributed by atoms with E-state index in [1.807, 2.05) is 24.3 Å². The standard InChI is InChI=1S/C29H26N6O6/c1-38-22-13-12-18(16-24(22)39-2)14-15-30-26-32-27(33-28(37)31-19-8-4-3-5-9-19)35-29(34-26)41-23-17-25(36)40-21-11-7-6-10-20(21)23/h3-13,16-17H,14-15H2,1-2H3,(H3,30,31,32,33,34,35,37). The van der Waals surface area contributed by atoms with Crippen LogP contribution < -0.4 is 35.8 Å². The van der Waals surface area contributed by atoms with Crippen molar-refractivity contribution >= 4 is 34.6 Å². The highest BCUT2D eigenvalue weighted by atomic mass is 16.5. The van der Waals surface area contributed by atoms with Gasteiger partial charge in [0, 0.05) is 12.2 Å². The first kappa shape index (κ1) is 26.9. The second-order valence-electron chi connectivity index (χ2n) is 8.60. The van der Waals surface area contributed by atoms with E-state index < -0.39 is 11.7 Å². The zero-order valence-electron chi connectivity index (χ0n) is 22.2. The van der Waals surface area contributed by atoms with E-state index in [4.69, 9.17) is 18.6 Å². The third-order valence-electron chi connectivity index (χ3n) is 5.83. The molecule has 0 aliphatic rings.